The lowest BCUT2D eigenvalue weighted by Crippen LogP contribution is -2.23. The second kappa shape index (κ2) is 9.39. The minimum absolute atomic E-state index is 0. The number of benzene rings is 2. The van der Waals surface area contributed by atoms with Crippen LogP contribution in [0.3, 0.4) is 0 Å². The van der Waals surface area contributed by atoms with Gasteiger partial charge in [-0.25, -0.2) is 4.99 Å². The summed E-state index contributed by atoms with van der Waals surface area (Å²) in [6.07, 6.45) is 0. The molecule has 0 bridgehead atoms. The van der Waals surface area contributed by atoms with E-state index in [0.29, 0.717) is 19.1 Å². The number of hydrogen-bond acceptors (Lipinski definition) is 2. The predicted molar refractivity (Wildman–Crippen MR) is 108 cm³/mol. The molecule has 0 saturated heterocycles. The van der Waals surface area contributed by atoms with Crippen LogP contribution in [0.15, 0.2) is 47.5 Å². The monoisotopic (exact) mass is 425 g/mol. The maximum Gasteiger partial charge on any atom is 0.193 e. The molecule has 2 rings (SSSR count). The number of aliphatic imine (C=N–C) groups is 1. The van der Waals surface area contributed by atoms with E-state index in [9.17, 15) is 0 Å². The second-order valence-electron chi connectivity index (χ2n) is 5.35. The molecular formula is C18H24IN3O. The summed E-state index contributed by atoms with van der Waals surface area (Å²) in [7, 11) is 0. The van der Waals surface area contributed by atoms with Gasteiger partial charge in [0.25, 0.3) is 0 Å². The van der Waals surface area contributed by atoms with Crippen LogP contribution in [-0.2, 0) is 0 Å². The first kappa shape index (κ1) is 19.3. The third-order valence-corrected chi connectivity index (χ3v) is 3.44. The minimum atomic E-state index is 0. The standard InChI is InChI=1S/C18H23N3O.HI/c1-13-4-8-17(9-5-13)22-11-10-20-18(19)21-16-7-6-14(2)15(3)12-16;/h4-9,12H,10-11H2,1-3H3,(H3,19,20,21);1H. The molecule has 0 aliphatic rings. The molecule has 0 saturated carbocycles. The van der Waals surface area contributed by atoms with Crippen molar-refractivity contribution in [3.63, 3.8) is 0 Å². The first-order chi connectivity index (χ1) is 10.5. The first-order valence-corrected chi connectivity index (χ1v) is 7.38. The van der Waals surface area contributed by atoms with Crippen molar-refractivity contribution in [3.05, 3.63) is 59.2 Å². The highest BCUT2D eigenvalue weighted by Gasteiger charge is 1.98. The summed E-state index contributed by atoms with van der Waals surface area (Å²) in [6.45, 7) is 7.21. The van der Waals surface area contributed by atoms with Gasteiger partial charge in [0.15, 0.2) is 5.96 Å². The maximum atomic E-state index is 5.88. The van der Waals surface area contributed by atoms with E-state index in [1.165, 1.54) is 16.7 Å². The van der Waals surface area contributed by atoms with Gasteiger partial charge in [0.2, 0.25) is 0 Å². The molecule has 0 aliphatic heterocycles. The van der Waals surface area contributed by atoms with Crippen LogP contribution in [0.5, 0.6) is 5.75 Å². The average molecular weight is 425 g/mol. The third-order valence-electron chi connectivity index (χ3n) is 3.44. The van der Waals surface area contributed by atoms with Crippen LogP contribution in [0.4, 0.5) is 5.69 Å². The molecule has 2 aromatic rings. The number of anilines is 1. The van der Waals surface area contributed by atoms with Crippen LogP contribution in [0.25, 0.3) is 0 Å². The van der Waals surface area contributed by atoms with E-state index in [4.69, 9.17) is 10.5 Å². The Morgan fingerprint density at radius 2 is 1.74 bits per heavy atom. The van der Waals surface area contributed by atoms with E-state index in [1.807, 2.05) is 37.3 Å². The fraction of sp³-hybridized carbons (Fsp3) is 0.278. The molecular weight excluding hydrogens is 401 g/mol. The Balaban J connectivity index is 0.00000264. The summed E-state index contributed by atoms with van der Waals surface area (Å²) in [6, 6.07) is 14.1. The van der Waals surface area contributed by atoms with E-state index >= 15 is 0 Å². The summed E-state index contributed by atoms with van der Waals surface area (Å²) >= 11 is 0. The zero-order chi connectivity index (χ0) is 15.9. The van der Waals surface area contributed by atoms with Gasteiger partial charge in [0.05, 0.1) is 6.54 Å². The highest BCUT2D eigenvalue weighted by molar-refractivity contribution is 14.0. The van der Waals surface area contributed by atoms with Gasteiger partial charge in [-0.05, 0) is 56.2 Å². The quantitative estimate of drug-likeness (QED) is 0.329. The largest absolute Gasteiger partial charge is 0.492 e. The van der Waals surface area contributed by atoms with Crippen molar-refractivity contribution in [2.24, 2.45) is 10.7 Å². The van der Waals surface area contributed by atoms with Crippen molar-refractivity contribution >= 4 is 35.6 Å². The molecule has 0 heterocycles. The molecule has 0 aliphatic carbocycles. The van der Waals surface area contributed by atoms with E-state index < -0.39 is 0 Å². The molecule has 0 radical (unpaired) electrons. The van der Waals surface area contributed by atoms with Gasteiger partial charge in [-0.15, -0.1) is 24.0 Å². The van der Waals surface area contributed by atoms with Crippen LogP contribution in [0.1, 0.15) is 16.7 Å². The van der Waals surface area contributed by atoms with Gasteiger partial charge < -0.3 is 15.8 Å². The zero-order valence-corrected chi connectivity index (χ0v) is 16.1. The van der Waals surface area contributed by atoms with Crippen molar-refractivity contribution in [1.82, 2.24) is 0 Å². The normalized spacial score (nSPS) is 10.8. The SMILES string of the molecule is Cc1ccc(OCCN=C(N)Nc2ccc(C)c(C)c2)cc1.I. The topological polar surface area (TPSA) is 59.6 Å². The van der Waals surface area contributed by atoms with Gasteiger partial charge in [-0.1, -0.05) is 23.8 Å². The number of nitrogens with one attached hydrogen (secondary N) is 1. The molecule has 23 heavy (non-hydrogen) atoms. The van der Waals surface area contributed by atoms with Crippen LogP contribution < -0.4 is 15.8 Å². The van der Waals surface area contributed by atoms with E-state index in [2.05, 4.69) is 36.3 Å². The molecule has 0 aromatic heterocycles. The minimum Gasteiger partial charge on any atom is -0.492 e. The number of rotatable bonds is 5. The Hall–Kier alpha value is -1.76. The van der Waals surface area contributed by atoms with Crippen LogP contribution in [-0.4, -0.2) is 19.1 Å². The first-order valence-electron chi connectivity index (χ1n) is 7.38. The van der Waals surface area contributed by atoms with E-state index in [1.54, 1.807) is 0 Å². The van der Waals surface area contributed by atoms with E-state index in [-0.39, 0.29) is 24.0 Å². The summed E-state index contributed by atoms with van der Waals surface area (Å²) in [4.78, 5) is 4.26. The Morgan fingerprint density at radius 1 is 1.04 bits per heavy atom. The van der Waals surface area contributed by atoms with Crippen LogP contribution in [0.2, 0.25) is 0 Å². The smallest absolute Gasteiger partial charge is 0.193 e. The molecule has 5 heteroatoms. The van der Waals surface area contributed by atoms with Crippen molar-refractivity contribution in [3.8, 4) is 5.75 Å². The molecule has 0 fully saturated rings. The fourth-order valence-corrected chi connectivity index (χ4v) is 1.97. The summed E-state index contributed by atoms with van der Waals surface area (Å²) in [5, 5.41) is 3.09. The Labute approximate surface area is 155 Å². The summed E-state index contributed by atoms with van der Waals surface area (Å²) in [5.74, 6) is 1.25. The Bertz CT molecular complexity index is 654. The van der Waals surface area contributed by atoms with Gasteiger partial charge in [0.1, 0.15) is 12.4 Å². The predicted octanol–water partition coefficient (Wildman–Crippen LogP) is 4.04. The number of ether oxygens (including phenoxy) is 1. The molecule has 2 aromatic carbocycles. The number of halogens is 1. The van der Waals surface area contributed by atoms with Gasteiger partial charge >= 0.3 is 0 Å². The van der Waals surface area contributed by atoms with E-state index in [0.717, 1.165) is 11.4 Å². The molecule has 0 amide bonds. The lowest BCUT2D eigenvalue weighted by atomic mass is 10.1. The second-order valence-corrected chi connectivity index (χ2v) is 5.35. The van der Waals surface area contributed by atoms with Crippen LogP contribution in [0, 0.1) is 20.8 Å². The molecule has 0 unspecified atom stereocenters. The maximum absolute atomic E-state index is 5.88. The highest BCUT2D eigenvalue weighted by Crippen LogP contribution is 2.14. The molecule has 124 valence electrons. The van der Waals surface area contributed by atoms with Crippen molar-refractivity contribution in [2.75, 3.05) is 18.5 Å². The van der Waals surface area contributed by atoms with Gasteiger partial charge in [-0.2, -0.15) is 0 Å². The third kappa shape index (κ3) is 6.48. The summed E-state index contributed by atoms with van der Waals surface area (Å²) in [5.41, 5.74) is 10.5. The van der Waals surface area contributed by atoms with Crippen molar-refractivity contribution in [2.45, 2.75) is 20.8 Å². The van der Waals surface area contributed by atoms with Crippen molar-refractivity contribution in [1.29, 1.82) is 0 Å². The van der Waals surface area contributed by atoms with Crippen LogP contribution >= 0.6 is 24.0 Å². The number of nitrogens with two attached hydrogens (primary N) is 1. The number of hydrogen-bond donors (Lipinski definition) is 2. The average Bonchev–Trinajstić information content (AvgIpc) is 2.49. The van der Waals surface area contributed by atoms with Gasteiger partial charge in [-0.3, -0.25) is 0 Å². The molecule has 3 N–H and O–H groups in total. The zero-order valence-electron chi connectivity index (χ0n) is 13.8. The van der Waals surface area contributed by atoms with Gasteiger partial charge in [0, 0.05) is 5.69 Å². The molecule has 0 spiro atoms. The number of guanidine groups is 1. The van der Waals surface area contributed by atoms with Crippen molar-refractivity contribution < 1.29 is 4.74 Å². The Morgan fingerprint density at radius 3 is 2.39 bits per heavy atom. The number of nitrogens with zero attached hydrogens (tertiary/aromatic N) is 1. The molecule has 4 nitrogen and oxygen atoms in total. The summed E-state index contributed by atoms with van der Waals surface area (Å²) < 4.78 is 5.61. The lowest BCUT2D eigenvalue weighted by molar-refractivity contribution is 0.328. The highest BCUT2D eigenvalue weighted by atomic mass is 127. The fourth-order valence-electron chi connectivity index (χ4n) is 1.97. The molecule has 0 atom stereocenters. The lowest BCUT2D eigenvalue weighted by Gasteiger charge is -2.08. The number of aryl methyl sites for hydroxylation is 3. The Kier molecular flexibility index (Phi) is 7.88.